The number of imide groups is 1. The van der Waals surface area contributed by atoms with E-state index in [0.717, 1.165) is 21.6 Å². The van der Waals surface area contributed by atoms with Crippen molar-refractivity contribution in [3.8, 4) is 11.5 Å². The molecule has 0 bridgehead atoms. The van der Waals surface area contributed by atoms with Crippen molar-refractivity contribution in [1.29, 1.82) is 0 Å². The summed E-state index contributed by atoms with van der Waals surface area (Å²) in [7, 11) is 3.12. The summed E-state index contributed by atoms with van der Waals surface area (Å²) in [5, 5.41) is 0. The molecule has 0 saturated carbocycles. The number of carbonyl (C=O) groups is 2. The monoisotopic (exact) mass is 445 g/mol. The van der Waals surface area contributed by atoms with Gasteiger partial charge in [-0.1, -0.05) is 65.9 Å². The van der Waals surface area contributed by atoms with Gasteiger partial charge in [0.15, 0.2) is 11.5 Å². The second-order valence-electron chi connectivity index (χ2n) is 7.37. The van der Waals surface area contributed by atoms with Crippen molar-refractivity contribution in [2.45, 2.75) is 18.4 Å². The minimum atomic E-state index is -0.299. The van der Waals surface area contributed by atoms with Crippen LogP contribution in [0.4, 0.5) is 0 Å². The summed E-state index contributed by atoms with van der Waals surface area (Å²) in [6, 6.07) is 22.7. The van der Waals surface area contributed by atoms with Gasteiger partial charge < -0.3 is 9.47 Å². The van der Waals surface area contributed by atoms with Gasteiger partial charge in [0.05, 0.1) is 31.2 Å². The third-order valence-corrected chi connectivity index (χ3v) is 6.31. The van der Waals surface area contributed by atoms with Crippen LogP contribution in [0.1, 0.15) is 16.7 Å². The molecule has 5 nitrogen and oxygen atoms in total. The number of nitrogens with zero attached hydrogens (tertiary/aromatic N) is 1. The largest absolute Gasteiger partial charge is 0.493 e. The number of rotatable bonds is 7. The summed E-state index contributed by atoms with van der Waals surface area (Å²) in [6.07, 6.45) is 0. The average Bonchev–Trinajstić information content (AvgIpc) is 3.04. The van der Waals surface area contributed by atoms with Crippen molar-refractivity contribution < 1.29 is 19.1 Å². The lowest BCUT2D eigenvalue weighted by atomic mass is 10.0. The molecule has 0 fully saturated rings. The summed E-state index contributed by atoms with van der Waals surface area (Å²) in [5.41, 5.74) is 3.04. The number of carbonyl (C=O) groups excluding carboxylic acids is 2. The zero-order valence-electron chi connectivity index (χ0n) is 18.1. The first kappa shape index (κ1) is 21.7. The van der Waals surface area contributed by atoms with Gasteiger partial charge in [-0.05, 0) is 42.3 Å². The number of methoxy groups -OCH3 is 2. The molecule has 3 aromatic carbocycles. The first-order chi connectivity index (χ1) is 15.5. The fraction of sp³-hybridized carbons (Fsp3) is 0.154. The van der Waals surface area contributed by atoms with Crippen LogP contribution in [0.2, 0.25) is 0 Å². The molecule has 1 aliphatic heterocycles. The van der Waals surface area contributed by atoms with Crippen LogP contribution in [0.15, 0.2) is 82.6 Å². The number of hydrogen-bond acceptors (Lipinski definition) is 5. The molecular formula is C26H23NO4S. The maximum Gasteiger partial charge on any atom is 0.268 e. The van der Waals surface area contributed by atoms with Crippen molar-refractivity contribution in [2.75, 3.05) is 14.2 Å². The van der Waals surface area contributed by atoms with Crippen LogP contribution < -0.4 is 9.47 Å². The van der Waals surface area contributed by atoms with E-state index in [1.54, 1.807) is 26.4 Å². The van der Waals surface area contributed by atoms with Gasteiger partial charge in [-0.15, -0.1) is 0 Å². The summed E-state index contributed by atoms with van der Waals surface area (Å²) in [6.45, 7) is 2.13. The molecule has 3 aromatic rings. The summed E-state index contributed by atoms with van der Waals surface area (Å²) >= 11 is 1.32. The molecule has 4 rings (SSSR count). The van der Waals surface area contributed by atoms with Crippen LogP contribution >= 0.6 is 11.8 Å². The van der Waals surface area contributed by atoms with E-state index in [9.17, 15) is 9.59 Å². The van der Waals surface area contributed by atoms with Crippen LogP contribution in [0, 0.1) is 6.92 Å². The standard InChI is InChI=1S/C26H23NO4S/c1-17-9-12-19(13-10-17)23-24(32-20-7-5-4-6-8-20)26(29)27(25(23)28)16-18-11-14-21(30-2)22(15-18)31-3/h4-15H,16H2,1-3H3. The third-order valence-electron chi connectivity index (χ3n) is 5.22. The highest BCUT2D eigenvalue weighted by Gasteiger charge is 2.39. The predicted molar refractivity (Wildman–Crippen MR) is 126 cm³/mol. The smallest absolute Gasteiger partial charge is 0.268 e. The number of thioether (sulfide) groups is 1. The van der Waals surface area contributed by atoms with Gasteiger partial charge in [-0.2, -0.15) is 0 Å². The number of aryl methyl sites for hydroxylation is 1. The molecule has 1 heterocycles. The van der Waals surface area contributed by atoms with Crippen LogP contribution in [-0.4, -0.2) is 30.9 Å². The van der Waals surface area contributed by atoms with Crippen molar-refractivity contribution in [3.63, 3.8) is 0 Å². The molecular weight excluding hydrogens is 422 g/mol. The number of hydrogen-bond donors (Lipinski definition) is 0. The third kappa shape index (κ3) is 4.27. The van der Waals surface area contributed by atoms with Gasteiger partial charge >= 0.3 is 0 Å². The SMILES string of the molecule is COc1ccc(CN2C(=O)C(Sc3ccccc3)=C(c3ccc(C)cc3)C2=O)cc1OC. The quantitative estimate of drug-likeness (QED) is 0.475. The molecule has 6 heteroatoms. The molecule has 0 N–H and O–H groups in total. The first-order valence-electron chi connectivity index (χ1n) is 10.1. The van der Waals surface area contributed by atoms with Crippen LogP contribution in [0.3, 0.4) is 0 Å². The number of benzene rings is 3. The van der Waals surface area contributed by atoms with Crippen molar-refractivity contribution in [3.05, 3.63) is 94.4 Å². The molecule has 0 aromatic heterocycles. The first-order valence-corrected chi connectivity index (χ1v) is 10.9. The van der Waals surface area contributed by atoms with Crippen LogP contribution in [-0.2, 0) is 16.1 Å². The Morgan fingerprint density at radius 3 is 2.16 bits per heavy atom. The maximum absolute atomic E-state index is 13.5. The zero-order valence-corrected chi connectivity index (χ0v) is 18.9. The maximum atomic E-state index is 13.5. The molecule has 32 heavy (non-hydrogen) atoms. The summed E-state index contributed by atoms with van der Waals surface area (Å²) in [5.74, 6) is 0.546. The van der Waals surface area contributed by atoms with Gasteiger partial charge in [0, 0.05) is 4.90 Å². The molecule has 0 radical (unpaired) electrons. The lowest BCUT2D eigenvalue weighted by Gasteiger charge is -2.16. The average molecular weight is 446 g/mol. The van der Waals surface area contributed by atoms with Gasteiger partial charge in [-0.3, -0.25) is 14.5 Å². The molecule has 0 spiro atoms. The van der Waals surface area contributed by atoms with Crippen molar-refractivity contribution in [1.82, 2.24) is 4.90 Å². The Hall–Kier alpha value is -3.51. The molecule has 0 atom stereocenters. The lowest BCUT2D eigenvalue weighted by molar-refractivity contribution is -0.137. The van der Waals surface area contributed by atoms with Gasteiger partial charge in [0.2, 0.25) is 0 Å². The molecule has 162 valence electrons. The van der Waals surface area contributed by atoms with Crippen molar-refractivity contribution >= 4 is 29.1 Å². The fourth-order valence-electron chi connectivity index (χ4n) is 3.53. The Morgan fingerprint density at radius 1 is 0.812 bits per heavy atom. The highest BCUT2D eigenvalue weighted by molar-refractivity contribution is 8.04. The fourth-order valence-corrected chi connectivity index (χ4v) is 4.57. The number of ether oxygens (including phenoxy) is 2. The van der Waals surface area contributed by atoms with E-state index in [0.29, 0.717) is 22.0 Å². The van der Waals surface area contributed by atoms with E-state index in [1.807, 2.05) is 67.6 Å². The van der Waals surface area contributed by atoms with Crippen LogP contribution in [0.25, 0.3) is 5.57 Å². The van der Waals surface area contributed by atoms with Gasteiger partial charge in [0.25, 0.3) is 11.8 Å². The van der Waals surface area contributed by atoms with E-state index in [-0.39, 0.29) is 18.4 Å². The van der Waals surface area contributed by atoms with E-state index < -0.39 is 0 Å². The van der Waals surface area contributed by atoms with E-state index in [1.165, 1.54) is 16.7 Å². The molecule has 0 unspecified atom stereocenters. The highest BCUT2D eigenvalue weighted by atomic mass is 32.2. The summed E-state index contributed by atoms with van der Waals surface area (Å²) in [4.78, 5) is 29.5. The zero-order chi connectivity index (χ0) is 22.7. The van der Waals surface area contributed by atoms with Crippen LogP contribution in [0.5, 0.6) is 11.5 Å². The minimum Gasteiger partial charge on any atom is -0.493 e. The Balaban J connectivity index is 1.71. The predicted octanol–water partition coefficient (Wildman–Crippen LogP) is 5.08. The Kier molecular flexibility index (Phi) is 6.32. The van der Waals surface area contributed by atoms with Crippen molar-refractivity contribution in [2.24, 2.45) is 0 Å². The second-order valence-corrected chi connectivity index (χ2v) is 8.45. The van der Waals surface area contributed by atoms with E-state index in [2.05, 4.69) is 0 Å². The molecule has 2 amide bonds. The Bertz CT molecular complexity index is 1190. The highest BCUT2D eigenvalue weighted by Crippen LogP contribution is 2.40. The molecule has 0 aliphatic carbocycles. The topological polar surface area (TPSA) is 55.8 Å². The Labute approximate surface area is 191 Å². The van der Waals surface area contributed by atoms with E-state index >= 15 is 0 Å². The lowest BCUT2D eigenvalue weighted by Crippen LogP contribution is -2.30. The minimum absolute atomic E-state index is 0.145. The number of amides is 2. The van der Waals surface area contributed by atoms with Gasteiger partial charge in [-0.25, -0.2) is 0 Å². The molecule has 0 saturated heterocycles. The van der Waals surface area contributed by atoms with Gasteiger partial charge in [0.1, 0.15) is 0 Å². The summed E-state index contributed by atoms with van der Waals surface area (Å²) < 4.78 is 10.7. The second kappa shape index (κ2) is 9.32. The normalized spacial score (nSPS) is 13.7. The molecule has 1 aliphatic rings. The Morgan fingerprint density at radius 2 is 1.50 bits per heavy atom. The van der Waals surface area contributed by atoms with E-state index in [4.69, 9.17) is 9.47 Å².